The van der Waals surface area contributed by atoms with E-state index in [2.05, 4.69) is 0 Å². The minimum atomic E-state index is -5.39. The minimum Gasteiger partial charge on any atom is -0.822 e. The van der Waals surface area contributed by atoms with Crippen molar-refractivity contribution in [3.05, 3.63) is 0 Å². The van der Waals surface area contributed by atoms with Crippen molar-refractivity contribution < 1.29 is 68.5 Å². The number of phosphoric acid groups is 2. The number of carbonyl (C=O) groups is 2. The van der Waals surface area contributed by atoms with E-state index < -0.39 is 28.0 Å². The molecule has 0 aliphatic rings. The summed E-state index contributed by atoms with van der Waals surface area (Å²) in [5, 5.41) is 33.3. The van der Waals surface area contributed by atoms with Crippen molar-refractivity contribution in [3.8, 4) is 0 Å². The standard InChI is InChI=1S/2CH2O3.2H3O4P.5Sr/c2*2-1(3)4;2*1-5(2,3)4;;;;;/h2*(H2,2,3,4);2*(H3,1,2,3,4);;;;;/q;;;;5*+2/p-10. The zero-order chi connectivity index (χ0) is 16.2. The Bertz CT molecular complexity index is 267. The van der Waals surface area contributed by atoms with E-state index in [1.165, 1.54) is 0 Å². The molecule has 21 heteroatoms. The monoisotopic (exact) mass is 749 g/mol. The van der Waals surface area contributed by atoms with Gasteiger partial charge in [-0.25, -0.2) is 0 Å². The summed E-state index contributed by atoms with van der Waals surface area (Å²) in [6, 6.07) is 0. The quantitative estimate of drug-likeness (QED) is 0.164. The van der Waals surface area contributed by atoms with E-state index in [9.17, 15) is 0 Å². The Balaban J connectivity index is -0.0000000152. The maximum Gasteiger partial charge on any atom is 2.00 e. The molecule has 0 unspecified atom stereocenters. The minimum absolute atomic E-state index is 0. The van der Waals surface area contributed by atoms with Crippen molar-refractivity contribution in [2.24, 2.45) is 0 Å². The van der Waals surface area contributed by atoms with Gasteiger partial charge in [0.05, 0.1) is 0 Å². The van der Waals surface area contributed by atoms with Gasteiger partial charge in [-0.2, -0.15) is 15.6 Å². The van der Waals surface area contributed by atoms with Crippen LogP contribution in [0.15, 0.2) is 0 Å². The van der Waals surface area contributed by atoms with Crippen molar-refractivity contribution in [1.29, 1.82) is 0 Å². The second-order valence-corrected chi connectivity index (χ2v) is 3.18. The Morgan fingerprint density at radius 3 is 0.478 bits per heavy atom. The van der Waals surface area contributed by atoms with E-state index in [4.69, 9.17) is 68.5 Å². The Kier molecular flexibility index (Phi) is 88.0. The van der Waals surface area contributed by atoms with Crippen LogP contribution in [-0.4, -0.2) is 240 Å². The number of carbonyl (C=O) groups excluding carboxylic acids is 2. The number of hydrogen-bond acceptors (Lipinski definition) is 14. The van der Waals surface area contributed by atoms with Crippen LogP contribution in [0.2, 0.25) is 0 Å². The first-order valence-corrected chi connectivity index (χ1v) is 5.61. The van der Waals surface area contributed by atoms with E-state index in [0.29, 0.717) is 0 Å². The molecule has 0 atom stereocenters. The smallest absolute Gasteiger partial charge is 0.822 e. The molecule has 0 aromatic heterocycles. The molecule has 112 valence electrons. The first-order valence-electron chi connectivity index (χ1n) is 2.69. The number of rotatable bonds is 0. The molecule has 0 amide bonds. The maximum absolute atomic E-state index is 8.55. The van der Waals surface area contributed by atoms with Gasteiger partial charge in [0.25, 0.3) is 0 Å². The first kappa shape index (κ1) is 56.9. The molecule has 0 aliphatic carbocycles. The van der Waals surface area contributed by atoms with Gasteiger partial charge in [0.1, 0.15) is 0 Å². The summed E-state index contributed by atoms with van der Waals surface area (Å²) in [5.74, 6) is 0. The number of carboxylic acid groups (broad SMARTS) is 4. The van der Waals surface area contributed by atoms with Crippen LogP contribution in [-0.2, 0) is 9.13 Å². The molecule has 0 aromatic carbocycles. The molecule has 0 heterocycles. The second-order valence-electron chi connectivity index (χ2n) is 1.39. The van der Waals surface area contributed by atoms with Gasteiger partial charge in [0, 0.05) is 0 Å². The van der Waals surface area contributed by atoms with Crippen LogP contribution in [0, 0.1) is 0 Å². The van der Waals surface area contributed by atoms with Crippen molar-refractivity contribution in [1.82, 2.24) is 0 Å². The number of hydrogen-bond donors (Lipinski definition) is 0. The fraction of sp³-hybridized carbons (Fsp3) is 0. The van der Waals surface area contributed by atoms with Gasteiger partial charge in [-0.15, -0.1) is 0 Å². The molecular formula is C2O14P2Sr5. The molecule has 0 spiro atoms. The molecule has 0 aliphatic heterocycles. The molecule has 0 N–H and O–H groups in total. The third kappa shape index (κ3) is 508. The Morgan fingerprint density at radius 2 is 0.478 bits per heavy atom. The summed E-state index contributed by atoms with van der Waals surface area (Å²) in [6.45, 7) is 0. The fourth-order valence-electron chi connectivity index (χ4n) is 0. The maximum atomic E-state index is 8.55. The molecule has 14 nitrogen and oxygen atoms in total. The normalized spacial score (nSPS) is 7.22. The average molecular weight is 748 g/mol. The summed E-state index contributed by atoms with van der Waals surface area (Å²) >= 11 is 0. The SMILES string of the molecule is O=C([O-])[O-].O=C([O-])[O-].O=P([O-])([O-])[O-].O=P([O-])([O-])[O-].[Sr+2].[Sr+2].[Sr+2].[Sr+2].[Sr+2]. The van der Waals surface area contributed by atoms with Crippen LogP contribution >= 0.6 is 15.6 Å². The zero-order valence-corrected chi connectivity index (χ0v) is 30.3. The average Bonchev–Trinajstić information content (AvgIpc) is 1.70. The molecule has 0 saturated heterocycles. The van der Waals surface area contributed by atoms with Gasteiger partial charge < -0.3 is 68.5 Å². The molecule has 0 aromatic rings. The summed E-state index contributed by atoms with van der Waals surface area (Å²) in [6.07, 6.45) is -4.67. The van der Waals surface area contributed by atoms with E-state index in [-0.39, 0.29) is 227 Å². The predicted molar refractivity (Wildman–Crippen MR) is 54.8 cm³/mol. The van der Waals surface area contributed by atoms with Crippen LogP contribution in [0.4, 0.5) is 9.59 Å². The van der Waals surface area contributed by atoms with E-state index in [1.54, 1.807) is 0 Å². The summed E-state index contributed by atoms with van der Waals surface area (Å²) < 4.78 is 17.1. The third-order valence-corrected chi connectivity index (χ3v) is 0. The molecule has 0 saturated carbocycles. The fourth-order valence-corrected chi connectivity index (χ4v) is 0. The summed E-state index contributed by atoms with van der Waals surface area (Å²) in [5.41, 5.74) is 0. The van der Waals surface area contributed by atoms with Gasteiger partial charge in [-0.05, 0) is 12.3 Å². The molecule has 0 radical (unpaired) electrons. The second kappa shape index (κ2) is 35.6. The molecule has 23 heavy (non-hydrogen) atoms. The van der Waals surface area contributed by atoms with Crippen molar-refractivity contribution in [2.75, 3.05) is 0 Å². The predicted octanol–water partition coefficient (Wildman–Crippen LogP) is -12.4. The van der Waals surface area contributed by atoms with Crippen LogP contribution in [0.5, 0.6) is 0 Å². The van der Waals surface area contributed by atoms with E-state index in [1.807, 2.05) is 0 Å². The van der Waals surface area contributed by atoms with Crippen LogP contribution in [0.3, 0.4) is 0 Å². The molecule has 0 bridgehead atoms. The Labute approximate surface area is 314 Å². The van der Waals surface area contributed by atoms with Crippen LogP contribution in [0.1, 0.15) is 0 Å². The van der Waals surface area contributed by atoms with E-state index in [0.717, 1.165) is 0 Å². The summed E-state index contributed by atoms with van der Waals surface area (Å²) in [7, 11) is -10.8. The van der Waals surface area contributed by atoms with Gasteiger partial charge in [0.15, 0.2) is 0 Å². The molecular weight excluding hydrogens is 748 g/mol. The summed E-state index contributed by atoms with van der Waals surface area (Å²) in [4.78, 5) is 68.0. The van der Waals surface area contributed by atoms with Crippen LogP contribution in [0.25, 0.3) is 0 Å². The zero-order valence-electron chi connectivity index (χ0n) is 11.1. The van der Waals surface area contributed by atoms with Crippen molar-refractivity contribution in [2.45, 2.75) is 0 Å². The van der Waals surface area contributed by atoms with Crippen molar-refractivity contribution in [3.63, 3.8) is 0 Å². The van der Waals surface area contributed by atoms with Crippen LogP contribution < -0.4 is 49.8 Å². The van der Waals surface area contributed by atoms with E-state index >= 15 is 0 Å². The topological polar surface area (TPSA) is 299 Å². The van der Waals surface area contributed by atoms with Gasteiger partial charge in [-0.1, -0.05) is 0 Å². The Hall–Kier alpha value is 6.16. The largest absolute Gasteiger partial charge is 2.00 e. The van der Waals surface area contributed by atoms with Gasteiger partial charge in [-0.3, -0.25) is 0 Å². The molecule has 0 rings (SSSR count). The molecule has 0 fully saturated rings. The van der Waals surface area contributed by atoms with Gasteiger partial charge >= 0.3 is 227 Å². The Morgan fingerprint density at radius 1 is 0.478 bits per heavy atom. The van der Waals surface area contributed by atoms with Gasteiger partial charge in [0.2, 0.25) is 0 Å². The third-order valence-electron chi connectivity index (χ3n) is 0. The first-order chi connectivity index (χ1) is 7.46. The van der Waals surface area contributed by atoms with Crippen molar-refractivity contribution >= 4 is 255 Å².